The summed E-state index contributed by atoms with van der Waals surface area (Å²) in [7, 11) is 2.15. The van der Waals surface area contributed by atoms with Crippen molar-refractivity contribution in [1.29, 1.82) is 0 Å². The summed E-state index contributed by atoms with van der Waals surface area (Å²) < 4.78 is 0. The second-order valence-corrected chi connectivity index (χ2v) is 9.17. The zero-order valence-corrected chi connectivity index (χ0v) is 20.9. The highest BCUT2D eigenvalue weighted by atomic mass is 16.1. The maximum absolute atomic E-state index is 9.94. The van der Waals surface area contributed by atoms with Gasteiger partial charge in [-0.15, -0.1) is 0 Å². The Kier molecular flexibility index (Phi) is 9.79. The van der Waals surface area contributed by atoms with E-state index in [1.807, 2.05) is 18.5 Å². The highest BCUT2D eigenvalue weighted by molar-refractivity contribution is 5.67. The highest BCUT2D eigenvalue weighted by Gasteiger charge is 2.21. The van der Waals surface area contributed by atoms with E-state index in [1.165, 1.54) is 33.5 Å². The van der Waals surface area contributed by atoms with E-state index in [0.717, 1.165) is 57.5 Å². The molecule has 4 heterocycles. The molecule has 34 heavy (non-hydrogen) atoms. The van der Waals surface area contributed by atoms with Gasteiger partial charge in [0.2, 0.25) is 6.41 Å². The van der Waals surface area contributed by atoms with Crippen molar-refractivity contribution in [1.82, 2.24) is 30.7 Å². The van der Waals surface area contributed by atoms with Crippen molar-refractivity contribution in [3.05, 3.63) is 70.7 Å². The SMILES string of the molecule is Cc1ccc(C)cc1.Cc1cnccc1-c1n[nH]c2c1CN(C)CC2.O=CNC1CCNCC1. The number of piperidine rings is 1. The number of carbonyl (C=O) groups excluding carboxylic acids is 1. The first kappa shape index (κ1) is 25.6. The van der Waals surface area contributed by atoms with Gasteiger partial charge in [-0.3, -0.25) is 14.9 Å². The summed E-state index contributed by atoms with van der Waals surface area (Å²) in [5.41, 5.74) is 8.74. The molecule has 7 heteroatoms. The quantitative estimate of drug-likeness (QED) is 0.518. The molecule has 1 amide bonds. The summed E-state index contributed by atoms with van der Waals surface area (Å²) >= 11 is 0. The van der Waals surface area contributed by atoms with Crippen molar-refractivity contribution in [2.75, 3.05) is 26.7 Å². The minimum atomic E-state index is 0.420. The van der Waals surface area contributed by atoms with Gasteiger partial charge in [0.15, 0.2) is 0 Å². The van der Waals surface area contributed by atoms with Gasteiger partial charge in [0.25, 0.3) is 0 Å². The molecule has 2 aromatic heterocycles. The fraction of sp³-hybridized carbons (Fsp3) is 0.444. The van der Waals surface area contributed by atoms with Crippen LogP contribution in [-0.2, 0) is 17.8 Å². The molecular formula is C27H38N6O. The number of hydrogen-bond acceptors (Lipinski definition) is 5. The molecule has 0 bridgehead atoms. The van der Waals surface area contributed by atoms with Crippen LogP contribution in [0.25, 0.3) is 11.3 Å². The van der Waals surface area contributed by atoms with Gasteiger partial charge < -0.3 is 15.5 Å². The van der Waals surface area contributed by atoms with E-state index in [2.05, 4.69) is 82.8 Å². The van der Waals surface area contributed by atoms with Crippen LogP contribution in [0.5, 0.6) is 0 Å². The third kappa shape index (κ3) is 7.50. The lowest BCUT2D eigenvalue weighted by atomic mass is 10.00. The Labute approximate surface area is 203 Å². The van der Waals surface area contributed by atoms with Crippen molar-refractivity contribution in [2.24, 2.45) is 0 Å². The Morgan fingerprint density at radius 1 is 1.06 bits per heavy atom. The van der Waals surface area contributed by atoms with E-state index in [0.29, 0.717) is 6.04 Å². The van der Waals surface area contributed by atoms with Crippen LogP contribution in [0.1, 0.15) is 40.8 Å². The van der Waals surface area contributed by atoms with Crippen molar-refractivity contribution in [2.45, 2.75) is 52.6 Å². The topological polar surface area (TPSA) is 85.9 Å². The van der Waals surface area contributed by atoms with Gasteiger partial charge in [0.05, 0.1) is 5.69 Å². The molecule has 3 N–H and O–H groups in total. The van der Waals surface area contributed by atoms with E-state index in [9.17, 15) is 4.79 Å². The highest BCUT2D eigenvalue weighted by Crippen LogP contribution is 2.29. The van der Waals surface area contributed by atoms with Crippen LogP contribution in [0.4, 0.5) is 0 Å². The molecular weight excluding hydrogens is 424 g/mol. The normalized spacial score (nSPS) is 15.8. The number of pyridine rings is 1. The number of likely N-dealkylation sites (N-methyl/N-ethyl adjacent to an activating group) is 1. The van der Waals surface area contributed by atoms with Crippen LogP contribution in [0.2, 0.25) is 0 Å². The second kappa shape index (κ2) is 13.0. The Hall–Kier alpha value is -3.03. The third-order valence-electron chi connectivity index (χ3n) is 6.26. The lowest BCUT2D eigenvalue weighted by Gasteiger charge is -2.22. The van der Waals surface area contributed by atoms with Crippen LogP contribution in [0.15, 0.2) is 42.7 Å². The maximum atomic E-state index is 9.94. The molecule has 2 aliphatic rings. The molecule has 0 atom stereocenters. The average molecular weight is 463 g/mol. The average Bonchev–Trinajstić information content (AvgIpc) is 3.26. The van der Waals surface area contributed by atoms with E-state index in [1.54, 1.807) is 0 Å². The summed E-state index contributed by atoms with van der Waals surface area (Å²) in [6.07, 6.45) is 7.70. The van der Waals surface area contributed by atoms with Crippen LogP contribution in [0, 0.1) is 20.8 Å². The second-order valence-electron chi connectivity index (χ2n) is 9.17. The predicted molar refractivity (Wildman–Crippen MR) is 138 cm³/mol. The molecule has 7 nitrogen and oxygen atoms in total. The zero-order valence-electron chi connectivity index (χ0n) is 20.9. The number of amides is 1. The van der Waals surface area contributed by atoms with Gasteiger partial charge >= 0.3 is 0 Å². The molecule has 0 unspecified atom stereocenters. The predicted octanol–water partition coefficient (Wildman–Crippen LogP) is 3.56. The minimum absolute atomic E-state index is 0.420. The fourth-order valence-electron chi connectivity index (χ4n) is 4.11. The van der Waals surface area contributed by atoms with Crippen LogP contribution < -0.4 is 10.6 Å². The number of aromatic nitrogens is 3. The summed E-state index contributed by atoms with van der Waals surface area (Å²) in [4.78, 5) is 16.4. The number of H-pyrrole nitrogens is 1. The number of rotatable bonds is 3. The Morgan fingerprint density at radius 2 is 1.74 bits per heavy atom. The Bertz CT molecular complexity index is 1000. The van der Waals surface area contributed by atoms with Gasteiger partial charge in [-0.25, -0.2) is 0 Å². The minimum Gasteiger partial charge on any atom is -0.356 e. The van der Waals surface area contributed by atoms with Crippen molar-refractivity contribution < 1.29 is 4.79 Å². The van der Waals surface area contributed by atoms with Gasteiger partial charge in [0, 0.05) is 54.8 Å². The first-order valence-corrected chi connectivity index (χ1v) is 12.1. The monoisotopic (exact) mass is 462 g/mol. The number of aryl methyl sites for hydroxylation is 3. The number of carbonyl (C=O) groups is 1. The summed E-state index contributed by atoms with van der Waals surface area (Å²) in [6.45, 7) is 10.4. The van der Waals surface area contributed by atoms with Gasteiger partial charge in [-0.2, -0.15) is 5.10 Å². The fourth-order valence-corrected chi connectivity index (χ4v) is 4.11. The number of aromatic amines is 1. The first-order valence-electron chi connectivity index (χ1n) is 12.1. The number of nitrogens with one attached hydrogen (secondary N) is 3. The first-order chi connectivity index (χ1) is 16.5. The number of nitrogens with zero attached hydrogens (tertiary/aromatic N) is 3. The lowest BCUT2D eigenvalue weighted by molar-refractivity contribution is -0.110. The smallest absolute Gasteiger partial charge is 0.207 e. The molecule has 3 aromatic rings. The summed E-state index contributed by atoms with van der Waals surface area (Å²) in [6, 6.07) is 10.9. The maximum Gasteiger partial charge on any atom is 0.207 e. The number of benzene rings is 1. The molecule has 5 rings (SSSR count). The number of fused-ring (bicyclic) bond motifs is 1. The van der Waals surface area contributed by atoms with E-state index in [4.69, 9.17) is 0 Å². The van der Waals surface area contributed by atoms with Crippen molar-refractivity contribution >= 4 is 6.41 Å². The Morgan fingerprint density at radius 3 is 2.35 bits per heavy atom. The van der Waals surface area contributed by atoms with Gasteiger partial charge in [-0.05, 0) is 65.4 Å². The van der Waals surface area contributed by atoms with E-state index < -0.39 is 0 Å². The van der Waals surface area contributed by atoms with Crippen LogP contribution >= 0.6 is 0 Å². The van der Waals surface area contributed by atoms with Crippen LogP contribution in [0.3, 0.4) is 0 Å². The van der Waals surface area contributed by atoms with E-state index >= 15 is 0 Å². The molecule has 1 fully saturated rings. The third-order valence-corrected chi connectivity index (χ3v) is 6.26. The largest absolute Gasteiger partial charge is 0.356 e. The van der Waals surface area contributed by atoms with Gasteiger partial charge in [0.1, 0.15) is 0 Å². The molecule has 1 aromatic carbocycles. The summed E-state index contributed by atoms with van der Waals surface area (Å²) in [5.74, 6) is 0. The Balaban J connectivity index is 0.000000161. The molecule has 0 radical (unpaired) electrons. The zero-order chi connectivity index (χ0) is 24.3. The molecule has 2 aliphatic heterocycles. The number of hydrogen-bond donors (Lipinski definition) is 3. The molecule has 182 valence electrons. The molecule has 0 saturated carbocycles. The van der Waals surface area contributed by atoms with Crippen LogP contribution in [-0.4, -0.2) is 59.2 Å². The molecule has 0 spiro atoms. The standard InChI is InChI=1S/C13H16N4.C8H10.C6H12N2O/c1-9-7-14-5-3-10(9)13-11-8-17(2)6-4-12(11)15-16-13;1-7-3-5-8(2)6-4-7;9-5-8-6-1-3-7-4-2-6/h3,5,7H,4,6,8H2,1-2H3,(H,15,16);3-6H,1-2H3;5-7H,1-4H2,(H,8,9). The van der Waals surface area contributed by atoms with Crippen molar-refractivity contribution in [3.63, 3.8) is 0 Å². The van der Waals surface area contributed by atoms with Crippen molar-refractivity contribution in [3.8, 4) is 11.3 Å². The molecule has 0 aliphatic carbocycles. The molecule has 1 saturated heterocycles. The lowest BCUT2D eigenvalue weighted by Crippen LogP contribution is -2.39. The summed E-state index contributed by atoms with van der Waals surface area (Å²) in [5, 5.41) is 13.6. The van der Waals surface area contributed by atoms with E-state index in [-0.39, 0.29) is 0 Å². The van der Waals surface area contributed by atoms with Gasteiger partial charge in [-0.1, -0.05) is 35.4 Å².